The largest absolute Gasteiger partial charge is 0.355 e. The van der Waals surface area contributed by atoms with Crippen LogP contribution in [-0.4, -0.2) is 74.2 Å². The van der Waals surface area contributed by atoms with Crippen LogP contribution in [0.2, 0.25) is 0 Å². The second-order valence-corrected chi connectivity index (χ2v) is 6.61. The summed E-state index contributed by atoms with van der Waals surface area (Å²) in [5.41, 5.74) is 0. The van der Waals surface area contributed by atoms with E-state index in [9.17, 15) is 0 Å². The Morgan fingerprint density at radius 3 is 2.57 bits per heavy atom. The van der Waals surface area contributed by atoms with E-state index in [4.69, 9.17) is 0 Å². The fraction of sp³-hybridized carbons (Fsp3) is 0.933. The summed E-state index contributed by atoms with van der Waals surface area (Å²) in [7, 11) is 1.87. The molecule has 2 atom stereocenters. The molecule has 0 aromatic carbocycles. The number of halogens is 1. The molecule has 122 valence electrons. The topological polar surface area (TPSA) is 42.9 Å². The first kappa shape index (κ1) is 17.3. The van der Waals surface area contributed by atoms with E-state index in [0.717, 1.165) is 25.1 Å². The van der Waals surface area contributed by atoms with Gasteiger partial charge in [0.1, 0.15) is 0 Å². The minimum absolute atomic E-state index is 0. The molecule has 2 saturated heterocycles. The maximum atomic E-state index is 4.37. The van der Waals surface area contributed by atoms with E-state index in [1.807, 2.05) is 7.05 Å². The molecule has 5 nitrogen and oxygen atoms in total. The van der Waals surface area contributed by atoms with Gasteiger partial charge in [-0.05, 0) is 38.3 Å². The molecule has 2 N–H and O–H groups in total. The van der Waals surface area contributed by atoms with E-state index in [1.54, 1.807) is 0 Å². The number of nitrogens with one attached hydrogen (secondary N) is 2. The summed E-state index contributed by atoms with van der Waals surface area (Å²) in [5.74, 6) is 1.68. The number of hydrogen-bond acceptors (Lipinski definition) is 3. The fourth-order valence-electron chi connectivity index (χ4n) is 3.24. The number of nitrogens with zero attached hydrogens (tertiary/aromatic N) is 3. The Balaban J connectivity index is 0.00000161. The van der Waals surface area contributed by atoms with E-state index in [2.05, 4.69) is 32.3 Å². The molecule has 0 amide bonds. The van der Waals surface area contributed by atoms with Gasteiger partial charge in [-0.2, -0.15) is 0 Å². The second kappa shape index (κ2) is 7.97. The highest BCUT2D eigenvalue weighted by Gasteiger charge is 2.38. The number of likely N-dealkylation sites (tertiary alicyclic amines) is 2. The Labute approximate surface area is 145 Å². The molecule has 3 aliphatic rings. The lowest BCUT2D eigenvalue weighted by Gasteiger charge is -2.31. The summed E-state index contributed by atoms with van der Waals surface area (Å²) < 4.78 is 0. The Bertz CT molecular complexity index is 354. The van der Waals surface area contributed by atoms with Crippen LogP contribution in [0.3, 0.4) is 0 Å². The summed E-state index contributed by atoms with van der Waals surface area (Å²) in [6, 6.07) is 1.43. The molecule has 1 aliphatic carbocycles. The van der Waals surface area contributed by atoms with E-state index in [1.165, 1.54) is 45.4 Å². The highest BCUT2D eigenvalue weighted by atomic mass is 127. The summed E-state index contributed by atoms with van der Waals surface area (Å²) in [6.07, 6.45) is 4.17. The lowest BCUT2D eigenvalue weighted by molar-refractivity contribution is 0.185. The molecule has 0 bridgehead atoms. The Morgan fingerprint density at radius 2 is 2.00 bits per heavy atom. The van der Waals surface area contributed by atoms with Crippen LogP contribution >= 0.6 is 24.0 Å². The number of rotatable bonds is 5. The highest BCUT2D eigenvalue weighted by molar-refractivity contribution is 14.0. The smallest absolute Gasteiger partial charge is 0.191 e. The van der Waals surface area contributed by atoms with Crippen molar-refractivity contribution in [2.45, 2.75) is 38.3 Å². The predicted molar refractivity (Wildman–Crippen MR) is 98.5 cm³/mol. The van der Waals surface area contributed by atoms with Crippen LogP contribution in [0.5, 0.6) is 0 Å². The van der Waals surface area contributed by atoms with Crippen molar-refractivity contribution >= 4 is 29.9 Å². The maximum absolute atomic E-state index is 4.37. The zero-order valence-electron chi connectivity index (χ0n) is 13.3. The molecule has 0 spiro atoms. The molecule has 0 aromatic rings. The Morgan fingerprint density at radius 1 is 1.24 bits per heavy atom. The van der Waals surface area contributed by atoms with Crippen molar-refractivity contribution in [1.82, 2.24) is 20.4 Å². The SMILES string of the molecule is CN=C(NCCN1CCC1)NC1CN(C2CC2)CC1C.I. The predicted octanol–water partition coefficient (Wildman–Crippen LogP) is 0.958. The Hall–Kier alpha value is -0.0800. The summed E-state index contributed by atoms with van der Waals surface area (Å²) in [5, 5.41) is 7.07. The molecule has 6 heteroatoms. The molecule has 3 rings (SSSR count). The van der Waals surface area contributed by atoms with Crippen molar-refractivity contribution in [3.8, 4) is 0 Å². The molecule has 2 aliphatic heterocycles. The quantitative estimate of drug-likeness (QED) is 0.405. The maximum Gasteiger partial charge on any atom is 0.191 e. The lowest BCUT2D eigenvalue weighted by atomic mass is 10.1. The zero-order valence-corrected chi connectivity index (χ0v) is 15.7. The lowest BCUT2D eigenvalue weighted by Crippen LogP contribution is -2.49. The van der Waals surface area contributed by atoms with Gasteiger partial charge in [0, 0.05) is 45.3 Å². The van der Waals surface area contributed by atoms with E-state index in [-0.39, 0.29) is 24.0 Å². The second-order valence-electron chi connectivity index (χ2n) is 6.61. The van der Waals surface area contributed by atoms with Gasteiger partial charge in [0.2, 0.25) is 0 Å². The highest BCUT2D eigenvalue weighted by Crippen LogP contribution is 2.31. The number of aliphatic imine (C=N–C) groups is 1. The Kier molecular flexibility index (Phi) is 6.55. The summed E-state index contributed by atoms with van der Waals surface area (Å²) in [6.45, 7) is 9.44. The molecule has 2 heterocycles. The average molecular weight is 407 g/mol. The van der Waals surface area contributed by atoms with Crippen molar-refractivity contribution < 1.29 is 0 Å². The molecular formula is C15H30IN5. The van der Waals surface area contributed by atoms with Crippen LogP contribution in [0.4, 0.5) is 0 Å². The summed E-state index contributed by atoms with van der Waals surface area (Å²) in [4.78, 5) is 9.50. The minimum Gasteiger partial charge on any atom is -0.355 e. The first-order valence-electron chi connectivity index (χ1n) is 8.20. The number of guanidine groups is 1. The third kappa shape index (κ3) is 4.69. The van der Waals surface area contributed by atoms with Crippen molar-refractivity contribution in [3.05, 3.63) is 0 Å². The molecule has 2 unspecified atom stereocenters. The van der Waals surface area contributed by atoms with Gasteiger partial charge in [0.05, 0.1) is 0 Å². The van der Waals surface area contributed by atoms with Gasteiger partial charge in [0.15, 0.2) is 5.96 Å². The van der Waals surface area contributed by atoms with E-state index >= 15 is 0 Å². The van der Waals surface area contributed by atoms with Gasteiger partial charge >= 0.3 is 0 Å². The van der Waals surface area contributed by atoms with Crippen LogP contribution in [0.15, 0.2) is 4.99 Å². The minimum atomic E-state index is 0. The molecule has 1 saturated carbocycles. The van der Waals surface area contributed by atoms with Gasteiger partial charge in [-0.1, -0.05) is 6.92 Å². The molecular weight excluding hydrogens is 377 g/mol. The van der Waals surface area contributed by atoms with Crippen LogP contribution in [-0.2, 0) is 0 Å². The van der Waals surface area contributed by atoms with Crippen LogP contribution < -0.4 is 10.6 Å². The van der Waals surface area contributed by atoms with Gasteiger partial charge < -0.3 is 15.5 Å². The average Bonchev–Trinajstić information content (AvgIpc) is 3.17. The van der Waals surface area contributed by atoms with Gasteiger partial charge in [-0.3, -0.25) is 9.89 Å². The van der Waals surface area contributed by atoms with Crippen molar-refractivity contribution in [2.24, 2.45) is 10.9 Å². The van der Waals surface area contributed by atoms with Gasteiger partial charge in [-0.25, -0.2) is 0 Å². The van der Waals surface area contributed by atoms with Crippen LogP contribution in [0, 0.1) is 5.92 Å². The monoisotopic (exact) mass is 407 g/mol. The van der Waals surface area contributed by atoms with E-state index < -0.39 is 0 Å². The third-order valence-corrected chi connectivity index (χ3v) is 4.92. The molecule has 0 radical (unpaired) electrons. The normalized spacial score (nSPS) is 30.7. The number of hydrogen-bond donors (Lipinski definition) is 2. The summed E-state index contributed by atoms with van der Waals surface area (Å²) >= 11 is 0. The van der Waals surface area contributed by atoms with Crippen molar-refractivity contribution in [1.29, 1.82) is 0 Å². The molecule has 21 heavy (non-hydrogen) atoms. The molecule has 0 aromatic heterocycles. The fourth-order valence-corrected chi connectivity index (χ4v) is 3.24. The van der Waals surface area contributed by atoms with Crippen molar-refractivity contribution in [2.75, 3.05) is 46.3 Å². The van der Waals surface area contributed by atoms with Gasteiger partial charge in [-0.15, -0.1) is 24.0 Å². The first-order chi connectivity index (χ1) is 9.76. The van der Waals surface area contributed by atoms with Gasteiger partial charge in [0.25, 0.3) is 0 Å². The van der Waals surface area contributed by atoms with E-state index in [0.29, 0.717) is 12.0 Å². The first-order valence-corrected chi connectivity index (χ1v) is 8.20. The standard InChI is InChI=1S/C15H29N5.HI/c1-12-10-20(13-4-5-13)11-14(12)18-15(16-2)17-6-9-19-7-3-8-19;/h12-14H,3-11H2,1-2H3,(H2,16,17,18);1H. The van der Waals surface area contributed by atoms with Crippen molar-refractivity contribution in [3.63, 3.8) is 0 Å². The van der Waals surface area contributed by atoms with Crippen LogP contribution in [0.1, 0.15) is 26.2 Å². The third-order valence-electron chi connectivity index (χ3n) is 4.92. The van der Waals surface area contributed by atoms with Crippen LogP contribution in [0.25, 0.3) is 0 Å². The molecule has 3 fully saturated rings. The zero-order chi connectivity index (χ0) is 13.9.